The van der Waals surface area contributed by atoms with E-state index in [9.17, 15) is 4.79 Å². The normalized spacial score (nSPS) is 11.0. The molecule has 110 valence electrons. The molecule has 3 aromatic rings. The van der Waals surface area contributed by atoms with E-state index in [1.54, 1.807) is 23.6 Å². The molecule has 0 aliphatic carbocycles. The molecule has 2 aromatic heterocycles. The van der Waals surface area contributed by atoms with Gasteiger partial charge in [-0.05, 0) is 23.6 Å². The molecule has 2 N–H and O–H groups in total. The van der Waals surface area contributed by atoms with E-state index < -0.39 is 0 Å². The molecule has 0 aliphatic rings. The van der Waals surface area contributed by atoms with Gasteiger partial charge in [-0.15, -0.1) is 11.3 Å². The van der Waals surface area contributed by atoms with E-state index >= 15 is 0 Å². The van der Waals surface area contributed by atoms with Gasteiger partial charge in [-0.25, -0.2) is 5.43 Å². The van der Waals surface area contributed by atoms with E-state index in [-0.39, 0.29) is 5.91 Å². The molecular formula is C15H11BrN4OS. The van der Waals surface area contributed by atoms with Crippen molar-refractivity contribution in [2.24, 2.45) is 5.10 Å². The molecule has 0 saturated carbocycles. The van der Waals surface area contributed by atoms with Crippen molar-refractivity contribution in [3.8, 4) is 10.6 Å². The standard InChI is InChI=1S/C15H11BrN4OS/c16-11-5-2-1-4-10(11)9-17-20-15(21)13-8-12(18-19-13)14-6-3-7-22-14/h1-9H,(H,18,19)(H,20,21). The van der Waals surface area contributed by atoms with Gasteiger partial charge < -0.3 is 0 Å². The van der Waals surface area contributed by atoms with E-state index in [4.69, 9.17) is 0 Å². The third kappa shape index (κ3) is 3.32. The van der Waals surface area contributed by atoms with Gasteiger partial charge in [-0.2, -0.15) is 10.2 Å². The Morgan fingerprint density at radius 3 is 2.95 bits per heavy atom. The Kier molecular flexibility index (Phi) is 4.45. The summed E-state index contributed by atoms with van der Waals surface area (Å²) in [5.74, 6) is -0.359. The number of rotatable bonds is 4. The molecule has 0 aliphatic heterocycles. The maximum absolute atomic E-state index is 12.0. The second kappa shape index (κ2) is 6.67. The maximum atomic E-state index is 12.0. The molecule has 7 heteroatoms. The smallest absolute Gasteiger partial charge is 0.276 e. The van der Waals surface area contributed by atoms with Crippen LogP contribution in [-0.2, 0) is 0 Å². The molecule has 0 atom stereocenters. The number of nitrogens with zero attached hydrogens (tertiary/aromatic N) is 2. The van der Waals surface area contributed by atoms with Crippen molar-refractivity contribution in [2.45, 2.75) is 0 Å². The van der Waals surface area contributed by atoms with Crippen LogP contribution in [0.25, 0.3) is 10.6 Å². The Hall–Kier alpha value is -2.25. The molecule has 1 amide bonds. The predicted molar refractivity (Wildman–Crippen MR) is 91.1 cm³/mol. The van der Waals surface area contributed by atoms with Gasteiger partial charge in [0.1, 0.15) is 0 Å². The van der Waals surface area contributed by atoms with Gasteiger partial charge in [0.15, 0.2) is 5.69 Å². The first-order valence-electron chi connectivity index (χ1n) is 6.41. The molecule has 3 rings (SSSR count). The first-order valence-corrected chi connectivity index (χ1v) is 8.08. The van der Waals surface area contributed by atoms with Crippen LogP contribution in [0.15, 0.2) is 57.4 Å². The highest BCUT2D eigenvalue weighted by Crippen LogP contribution is 2.22. The maximum Gasteiger partial charge on any atom is 0.291 e. The van der Waals surface area contributed by atoms with Crippen molar-refractivity contribution in [3.05, 3.63) is 63.6 Å². The molecule has 22 heavy (non-hydrogen) atoms. The van der Waals surface area contributed by atoms with E-state index in [0.29, 0.717) is 5.69 Å². The van der Waals surface area contributed by atoms with Crippen molar-refractivity contribution in [2.75, 3.05) is 0 Å². The fourth-order valence-corrected chi connectivity index (χ4v) is 2.87. The molecule has 0 fully saturated rings. The summed E-state index contributed by atoms with van der Waals surface area (Å²) in [5.41, 5.74) is 4.46. The third-order valence-electron chi connectivity index (χ3n) is 2.87. The van der Waals surface area contributed by atoms with Crippen molar-refractivity contribution in [1.82, 2.24) is 15.6 Å². The van der Waals surface area contributed by atoms with Gasteiger partial charge in [-0.1, -0.05) is 40.2 Å². The minimum atomic E-state index is -0.359. The van der Waals surface area contributed by atoms with Crippen LogP contribution in [0, 0.1) is 0 Å². The average molecular weight is 375 g/mol. The van der Waals surface area contributed by atoms with Crippen LogP contribution in [0.4, 0.5) is 0 Å². The predicted octanol–water partition coefficient (Wildman–Crippen LogP) is 3.66. The summed E-state index contributed by atoms with van der Waals surface area (Å²) >= 11 is 4.99. The Labute approximate surface area is 139 Å². The van der Waals surface area contributed by atoms with Gasteiger partial charge >= 0.3 is 0 Å². The number of thiophene rings is 1. The second-order valence-corrected chi connectivity index (χ2v) is 6.17. The Bertz CT molecular complexity index is 811. The van der Waals surface area contributed by atoms with Crippen LogP contribution >= 0.6 is 27.3 Å². The van der Waals surface area contributed by atoms with Crippen LogP contribution in [0.5, 0.6) is 0 Å². The molecule has 0 saturated heterocycles. The lowest BCUT2D eigenvalue weighted by Crippen LogP contribution is -2.18. The number of nitrogens with one attached hydrogen (secondary N) is 2. The lowest BCUT2D eigenvalue weighted by Gasteiger charge is -1.97. The number of aromatic nitrogens is 2. The number of amides is 1. The van der Waals surface area contributed by atoms with Crippen molar-refractivity contribution >= 4 is 39.4 Å². The minimum absolute atomic E-state index is 0.299. The van der Waals surface area contributed by atoms with Gasteiger partial charge in [0.25, 0.3) is 5.91 Å². The fourth-order valence-electron chi connectivity index (χ4n) is 1.79. The molecule has 1 aromatic carbocycles. The zero-order chi connectivity index (χ0) is 15.4. The molecule has 0 unspecified atom stereocenters. The molecular weight excluding hydrogens is 364 g/mol. The van der Waals surface area contributed by atoms with Gasteiger partial charge in [0, 0.05) is 10.0 Å². The molecule has 0 spiro atoms. The minimum Gasteiger partial charge on any atom is -0.276 e. The average Bonchev–Trinajstić information content (AvgIpc) is 3.20. The third-order valence-corrected chi connectivity index (χ3v) is 4.50. The van der Waals surface area contributed by atoms with E-state index in [1.165, 1.54) is 0 Å². The Balaban J connectivity index is 1.67. The van der Waals surface area contributed by atoms with E-state index in [2.05, 4.69) is 36.7 Å². The van der Waals surface area contributed by atoms with E-state index in [1.807, 2.05) is 41.8 Å². The van der Waals surface area contributed by atoms with Gasteiger partial charge in [0.05, 0.1) is 16.8 Å². The summed E-state index contributed by atoms with van der Waals surface area (Å²) in [6, 6.07) is 13.2. The van der Waals surface area contributed by atoms with Gasteiger partial charge in [0.2, 0.25) is 0 Å². The number of H-pyrrole nitrogens is 1. The fraction of sp³-hybridized carbons (Fsp3) is 0. The first-order chi connectivity index (χ1) is 10.7. The lowest BCUT2D eigenvalue weighted by atomic mass is 10.2. The first kappa shape index (κ1) is 14.7. The number of halogens is 1. The quantitative estimate of drug-likeness (QED) is 0.540. The Morgan fingerprint density at radius 2 is 2.18 bits per heavy atom. The Morgan fingerprint density at radius 1 is 1.32 bits per heavy atom. The summed E-state index contributed by atoms with van der Waals surface area (Å²) in [6.07, 6.45) is 1.58. The summed E-state index contributed by atoms with van der Waals surface area (Å²) in [7, 11) is 0. The number of benzene rings is 1. The highest BCUT2D eigenvalue weighted by Gasteiger charge is 2.11. The van der Waals surface area contributed by atoms with Crippen LogP contribution in [0.3, 0.4) is 0 Å². The molecule has 5 nitrogen and oxygen atoms in total. The summed E-state index contributed by atoms with van der Waals surface area (Å²) in [5, 5.41) is 12.8. The van der Waals surface area contributed by atoms with Crippen LogP contribution < -0.4 is 5.43 Å². The van der Waals surface area contributed by atoms with Gasteiger partial charge in [-0.3, -0.25) is 9.89 Å². The van der Waals surface area contributed by atoms with Crippen molar-refractivity contribution in [1.29, 1.82) is 0 Å². The zero-order valence-corrected chi connectivity index (χ0v) is 13.7. The van der Waals surface area contributed by atoms with Crippen LogP contribution in [-0.4, -0.2) is 22.3 Å². The number of hydrogen-bond donors (Lipinski definition) is 2. The molecule has 2 heterocycles. The highest BCUT2D eigenvalue weighted by molar-refractivity contribution is 9.10. The molecule has 0 bridgehead atoms. The van der Waals surface area contributed by atoms with Crippen LogP contribution in [0.2, 0.25) is 0 Å². The zero-order valence-electron chi connectivity index (χ0n) is 11.3. The second-order valence-electron chi connectivity index (χ2n) is 4.36. The number of carbonyl (C=O) groups is 1. The molecule has 0 radical (unpaired) electrons. The highest BCUT2D eigenvalue weighted by atomic mass is 79.9. The largest absolute Gasteiger partial charge is 0.291 e. The monoisotopic (exact) mass is 374 g/mol. The summed E-state index contributed by atoms with van der Waals surface area (Å²) in [6.45, 7) is 0. The summed E-state index contributed by atoms with van der Waals surface area (Å²) < 4.78 is 0.910. The number of hydrogen-bond acceptors (Lipinski definition) is 4. The van der Waals surface area contributed by atoms with Crippen molar-refractivity contribution in [3.63, 3.8) is 0 Å². The SMILES string of the molecule is O=C(NN=Cc1ccccc1Br)c1cc(-c2cccs2)[nH]n1. The van der Waals surface area contributed by atoms with E-state index in [0.717, 1.165) is 20.6 Å². The lowest BCUT2D eigenvalue weighted by molar-refractivity contribution is 0.0950. The topological polar surface area (TPSA) is 70.1 Å². The summed E-state index contributed by atoms with van der Waals surface area (Å²) in [4.78, 5) is 13.0. The number of aromatic amines is 1. The van der Waals surface area contributed by atoms with Crippen LogP contribution in [0.1, 0.15) is 16.1 Å². The van der Waals surface area contributed by atoms with Crippen molar-refractivity contribution < 1.29 is 4.79 Å². The number of carbonyl (C=O) groups excluding carboxylic acids is 1. The number of hydrazone groups is 1.